The Morgan fingerprint density at radius 3 is 2.00 bits per heavy atom. The van der Waals surface area contributed by atoms with E-state index >= 15 is 0 Å². The van der Waals surface area contributed by atoms with Gasteiger partial charge >= 0.3 is 0 Å². The van der Waals surface area contributed by atoms with Gasteiger partial charge in [-0.3, -0.25) is 9.59 Å². The van der Waals surface area contributed by atoms with Crippen LogP contribution in [0.15, 0.2) is 30.3 Å². The third-order valence-electron chi connectivity index (χ3n) is 4.02. The molecule has 1 unspecified atom stereocenters. The molecule has 2 amide bonds. The second kappa shape index (κ2) is 10.9. The second-order valence-corrected chi connectivity index (χ2v) is 7.34. The van der Waals surface area contributed by atoms with Crippen molar-refractivity contribution >= 4 is 11.8 Å². The quantitative estimate of drug-likeness (QED) is 0.597. The van der Waals surface area contributed by atoms with Crippen LogP contribution in [-0.4, -0.2) is 37.5 Å². The van der Waals surface area contributed by atoms with E-state index in [1.54, 1.807) is 0 Å². The molecule has 0 saturated heterocycles. The highest BCUT2D eigenvalue weighted by atomic mass is 16.2. The molecule has 0 saturated carbocycles. The molecule has 2 atom stereocenters. The Bertz CT molecular complexity index is 529. The van der Waals surface area contributed by atoms with Crippen LogP contribution in [0.25, 0.3) is 0 Å². The van der Waals surface area contributed by atoms with Crippen LogP contribution >= 0.6 is 0 Å². The van der Waals surface area contributed by atoms with E-state index in [0.717, 1.165) is 23.4 Å². The van der Waals surface area contributed by atoms with Crippen molar-refractivity contribution in [3.63, 3.8) is 0 Å². The second-order valence-electron chi connectivity index (χ2n) is 7.34. The Hall–Kier alpha value is -1.88. The highest BCUT2D eigenvalue weighted by molar-refractivity contribution is 5.79. The van der Waals surface area contributed by atoms with E-state index in [1.165, 1.54) is 0 Å². The maximum absolute atomic E-state index is 12.5. The van der Waals surface area contributed by atoms with Gasteiger partial charge in [0.2, 0.25) is 0 Å². The van der Waals surface area contributed by atoms with E-state index in [1.807, 2.05) is 51.1 Å². The Balaban J connectivity index is 2.64. The van der Waals surface area contributed by atoms with Crippen LogP contribution in [0.5, 0.6) is 0 Å². The fraction of sp³-hybridized carbons (Fsp3) is 0.600. The van der Waals surface area contributed by atoms with Gasteiger partial charge in [0.15, 0.2) is 13.1 Å². The van der Waals surface area contributed by atoms with Crippen molar-refractivity contribution in [1.82, 2.24) is 10.6 Å². The van der Waals surface area contributed by atoms with Gasteiger partial charge in [-0.2, -0.15) is 0 Å². The van der Waals surface area contributed by atoms with E-state index in [-0.39, 0.29) is 23.9 Å². The van der Waals surface area contributed by atoms with Crippen LogP contribution in [0, 0.1) is 5.92 Å². The molecule has 5 nitrogen and oxygen atoms in total. The summed E-state index contributed by atoms with van der Waals surface area (Å²) in [5.74, 6) is 0.460. The summed E-state index contributed by atoms with van der Waals surface area (Å²) in [4.78, 5) is 25.4. The first-order chi connectivity index (χ1) is 11.8. The number of rotatable bonds is 10. The molecule has 0 fully saturated rings. The van der Waals surface area contributed by atoms with E-state index in [4.69, 9.17) is 0 Å². The van der Waals surface area contributed by atoms with E-state index < -0.39 is 0 Å². The molecular weight excluding hydrogens is 314 g/mol. The molecule has 25 heavy (non-hydrogen) atoms. The highest BCUT2D eigenvalue weighted by Gasteiger charge is 2.21. The molecule has 0 radical (unpaired) electrons. The van der Waals surface area contributed by atoms with Crippen LogP contribution in [0.3, 0.4) is 0 Å². The van der Waals surface area contributed by atoms with Gasteiger partial charge < -0.3 is 15.5 Å². The van der Waals surface area contributed by atoms with Gasteiger partial charge in [-0.15, -0.1) is 0 Å². The number of hydrogen-bond acceptors (Lipinski definition) is 2. The summed E-state index contributed by atoms with van der Waals surface area (Å²) in [7, 11) is 0. The van der Waals surface area contributed by atoms with Crippen LogP contribution in [0.1, 0.15) is 52.6 Å². The van der Waals surface area contributed by atoms with Crippen LogP contribution < -0.4 is 15.5 Å². The highest BCUT2D eigenvalue weighted by Crippen LogP contribution is 2.20. The van der Waals surface area contributed by atoms with Gasteiger partial charge in [0.25, 0.3) is 11.8 Å². The molecule has 0 bridgehead atoms. The maximum Gasteiger partial charge on any atom is 0.275 e. The Kier molecular flexibility index (Phi) is 9.21. The Morgan fingerprint density at radius 2 is 1.52 bits per heavy atom. The molecule has 140 valence electrons. The zero-order valence-corrected chi connectivity index (χ0v) is 16.3. The van der Waals surface area contributed by atoms with Crippen LogP contribution in [-0.2, 0) is 9.59 Å². The standard InChI is InChI=1S/C20H33N3O2/c1-6-23(13-19(24)21-16(4)5)14-20(25)22-18(12-15(2)3)17-10-8-7-9-11-17/h7-11,15-16,18H,6,12-14H2,1-5H3,(H,21,24)(H,22,25)/p+1/t18-/m1/s1. The normalized spacial score (nSPS) is 13.6. The first kappa shape index (κ1) is 21.2. The molecule has 1 rings (SSSR count). The minimum Gasteiger partial charge on any atom is -0.349 e. The predicted octanol–water partition coefficient (Wildman–Crippen LogP) is 1.32. The number of amides is 2. The Morgan fingerprint density at radius 1 is 0.960 bits per heavy atom. The van der Waals surface area contributed by atoms with Crippen molar-refractivity contribution in [1.29, 1.82) is 0 Å². The van der Waals surface area contributed by atoms with Gasteiger partial charge in [0, 0.05) is 6.04 Å². The lowest BCUT2D eigenvalue weighted by molar-refractivity contribution is -0.881. The van der Waals surface area contributed by atoms with Gasteiger partial charge in [0.1, 0.15) is 0 Å². The minimum absolute atomic E-state index is 0.0105. The SMILES string of the molecule is CC[NH+](CC(=O)NC(C)C)CC(=O)N[C@H](CC(C)C)c1ccccc1. The molecule has 1 aromatic rings. The summed E-state index contributed by atoms with van der Waals surface area (Å²) >= 11 is 0. The number of benzene rings is 1. The topological polar surface area (TPSA) is 62.6 Å². The zero-order valence-electron chi connectivity index (χ0n) is 16.3. The molecule has 0 heterocycles. The number of carbonyl (C=O) groups is 2. The average Bonchev–Trinajstić information content (AvgIpc) is 2.53. The molecular formula is C20H34N3O2+. The molecule has 0 aliphatic carbocycles. The number of hydrogen-bond donors (Lipinski definition) is 3. The van der Waals surface area contributed by atoms with Gasteiger partial charge in [0.05, 0.1) is 12.6 Å². The summed E-state index contributed by atoms with van der Waals surface area (Å²) in [6.45, 7) is 11.5. The summed E-state index contributed by atoms with van der Waals surface area (Å²) < 4.78 is 0. The summed E-state index contributed by atoms with van der Waals surface area (Å²) in [6, 6.07) is 10.2. The van der Waals surface area contributed by atoms with Crippen molar-refractivity contribution in [3.8, 4) is 0 Å². The number of nitrogens with one attached hydrogen (secondary N) is 3. The van der Waals surface area contributed by atoms with E-state index in [0.29, 0.717) is 19.0 Å². The summed E-state index contributed by atoms with van der Waals surface area (Å²) in [5.41, 5.74) is 1.13. The largest absolute Gasteiger partial charge is 0.349 e. The van der Waals surface area contributed by atoms with Crippen molar-refractivity contribution < 1.29 is 14.5 Å². The van der Waals surface area contributed by atoms with Crippen molar-refractivity contribution in [2.75, 3.05) is 19.6 Å². The summed E-state index contributed by atoms with van der Waals surface area (Å²) in [5, 5.41) is 6.03. The number of likely N-dealkylation sites (N-methyl/N-ethyl adjacent to an activating group) is 1. The third kappa shape index (κ3) is 8.68. The van der Waals surface area contributed by atoms with Crippen molar-refractivity contribution in [2.24, 2.45) is 5.92 Å². The maximum atomic E-state index is 12.5. The third-order valence-corrected chi connectivity index (χ3v) is 4.02. The smallest absolute Gasteiger partial charge is 0.275 e. The van der Waals surface area contributed by atoms with Crippen molar-refractivity contribution in [3.05, 3.63) is 35.9 Å². The lowest BCUT2D eigenvalue weighted by Crippen LogP contribution is -3.14. The Labute approximate surface area is 152 Å². The van der Waals surface area contributed by atoms with Crippen molar-refractivity contribution in [2.45, 2.75) is 53.1 Å². The zero-order chi connectivity index (χ0) is 18.8. The van der Waals surface area contributed by atoms with Gasteiger partial charge in [-0.1, -0.05) is 44.2 Å². The molecule has 1 aromatic carbocycles. The minimum atomic E-state index is -0.0126. The average molecular weight is 349 g/mol. The lowest BCUT2D eigenvalue weighted by atomic mass is 9.97. The lowest BCUT2D eigenvalue weighted by Gasteiger charge is -2.23. The number of carbonyl (C=O) groups excluding carboxylic acids is 2. The predicted molar refractivity (Wildman–Crippen MR) is 101 cm³/mol. The molecule has 0 aromatic heterocycles. The molecule has 0 aliphatic heterocycles. The number of quaternary nitrogens is 1. The monoisotopic (exact) mass is 348 g/mol. The van der Waals surface area contributed by atoms with E-state index in [9.17, 15) is 9.59 Å². The fourth-order valence-corrected chi connectivity index (χ4v) is 2.82. The van der Waals surface area contributed by atoms with Crippen LogP contribution in [0.2, 0.25) is 0 Å². The molecule has 5 heteroatoms. The molecule has 0 spiro atoms. The van der Waals surface area contributed by atoms with Gasteiger partial charge in [-0.05, 0) is 38.7 Å². The fourth-order valence-electron chi connectivity index (χ4n) is 2.82. The summed E-state index contributed by atoms with van der Waals surface area (Å²) in [6.07, 6.45) is 0.894. The first-order valence-electron chi connectivity index (χ1n) is 9.29. The first-order valence-corrected chi connectivity index (χ1v) is 9.29. The van der Waals surface area contributed by atoms with Gasteiger partial charge in [-0.25, -0.2) is 0 Å². The molecule has 0 aliphatic rings. The van der Waals surface area contributed by atoms with E-state index in [2.05, 4.69) is 24.5 Å². The molecule has 3 N–H and O–H groups in total. The van der Waals surface area contributed by atoms with Crippen LogP contribution in [0.4, 0.5) is 0 Å².